The van der Waals surface area contributed by atoms with E-state index < -0.39 is 0 Å². The number of benzene rings is 2. The van der Waals surface area contributed by atoms with Crippen LogP contribution in [-0.4, -0.2) is 28.5 Å². The normalized spacial score (nSPS) is 13.2. The van der Waals surface area contributed by atoms with Gasteiger partial charge in [-0.25, -0.2) is 4.98 Å². The Kier molecular flexibility index (Phi) is 5.50. The van der Waals surface area contributed by atoms with Crippen LogP contribution in [0.5, 0.6) is 11.5 Å². The summed E-state index contributed by atoms with van der Waals surface area (Å²) in [5.74, 6) is 1.94. The smallest absolute Gasteiger partial charge is 0.255 e. The van der Waals surface area contributed by atoms with Crippen molar-refractivity contribution in [2.45, 2.75) is 25.7 Å². The first-order chi connectivity index (χ1) is 15.7. The van der Waals surface area contributed by atoms with Gasteiger partial charge in [0.1, 0.15) is 30.4 Å². The lowest BCUT2D eigenvalue weighted by Crippen LogP contribution is -2.12. The molecule has 0 spiro atoms. The number of carbonyl (C=O) groups excluding carboxylic acids is 1. The number of ether oxygens (including phenoxy) is 2. The minimum absolute atomic E-state index is 0.163. The second-order valence-corrected chi connectivity index (χ2v) is 7.99. The van der Waals surface area contributed by atoms with Gasteiger partial charge >= 0.3 is 0 Å². The lowest BCUT2D eigenvalue weighted by Gasteiger charge is -2.09. The molecule has 1 fully saturated rings. The zero-order valence-electron chi connectivity index (χ0n) is 18.0. The van der Waals surface area contributed by atoms with Gasteiger partial charge in [0.15, 0.2) is 0 Å². The highest BCUT2D eigenvalue weighted by Gasteiger charge is 2.28. The van der Waals surface area contributed by atoms with Gasteiger partial charge in [-0.1, -0.05) is 18.2 Å². The number of aromatic nitrogens is 2. The molecule has 2 heterocycles. The summed E-state index contributed by atoms with van der Waals surface area (Å²) < 4.78 is 13.4. The molecule has 0 aliphatic heterocycles. The van der Waals surface area contributed by atoms with Crippen molar-refractivity contribution >= 4 is 17.2 Å². The van der Waals surface area contributed by atoms with E-state index in [-0.39, 0.29) is 5.91 Å². The van der Waals surface area contributed by atoms with E-state index in [2.05, 4.69) is 16.6 Å². The Morgan fingerprint density at radius 3 is 2.34 bits per heavy atom. The number of hydrogen-bond acceptors (Lipinski definition) is 4. The number of pyridine rings is 1. The molecule has 1 amide bonds. The van der Waals surface area contributed by atoms with Gasteiger partial charge in [-0.3, -0.25) is 4.79 Å². The maximum Gasteiger partial charge on any atom is 0.255 e. The molecule has 6 heteroatoms. The summed E-state index contributed by atoms with van der Waals surface area (Å²) >= 11 is 0. The number of carbonyl (C=O) groups is 1. The van der Waals surface area contributed by atoms with Gasteiger partial charge in [0.25, 0.3) is 5.91 Å². The van der Waals surface area contributed by atoms with Crippen LogP contribution in [0.1, 0.15) is 40.5 Å². The number of imidazole rings is 1. The molecule has 5 rings (SSSR count). The predicted octanol–water partition coefficient (Wildman–Crippen LogP) is 5.23. The highest BCUT2D eigenvalue weighted by molar-refractivity contribution is 6.04. The molecule has 0 atom stereocenters. The maximum absolute atomic E-state index is 12.7. The Hall–Kier alpha value is -3.80. The standard InChI is InChI=1S/C26H25N3O3/c1-18-25(19-7-8-19)28-24-14-11-21(17-29(18)24)27-26(30)20-9-12-23(13-10-20)32-16-15-31-22-5-3-2-4-6-22/h2-6,9-14,17,19H,7-8,15-16H2,1H3,(H,27,30). The van der Waals surface area contributed by atoms with Gasteiger partial charge in [-0.05, 0) is 68.3 Å². The van der Waals surface area contributed by atoms with Crippen LogP contribution in [0.25, 0.3) is 5.65 Å². The summed E-state index contributed by atoms with van der Waals surface area (Å²) in [5, 5.41) is 2.97. The van der Waals surface area contributed by atoms with Crippen molar-refractivity contribution in [3.05, 3.63) is 89.9 Å². The fourth-order valence-corrected chi connectivity index (χ4v) is 3.74. The Morgan fingerprint density at radius 1 is 0.969 bits per heavy atom. The molecule has 0 unspecified atom stereocenters. The molecule has 6 nitrogen and oxygen atoms in total. The molecule has 1 aliphatic rings. The summed E-state index contributed by atoms with van der Waals surface area (Å²) in [6, 6.07) is 20.6. The van der Waals surface area contributed by atoms with Gasteiger partial charge in [0.05, 0.1) is 11.4 Å². The highest BCUT2D eigenvalue weighted by Crippen LogP contribution is 2.41. The SMILES string of the molecule is Cc1c(C2CC2)nc2ccc(NC(=O)c3ccc(OCCOc4ccccc4)cc3)cn12. The van der Waals surface area contributed by atoms with Crippen LogP contribution in [0.3, 0.4) is 0 Å². The number of para-hydroxylation sites is 1. The van der Waals surface area contributed by atoms with Gasteiger partial charge in [0.2, 0.25) is 0 Å². The fourth-order valence-electron chi connectivity index (χ4n) is 3.74. The van der Waals surface area contributed by atoms with Crippen molar-refractivity contribution in [2.24, 2.45) is 0 Å². The molecule has 4 aromatic rings. The molecule has 1 saturated carbocycles. The molecule has 0 bridgehead atoms. The number of hydrogen-bond donors (Lipinski definition) is 1. The second kappa shape index (κ2) is 8.75. The zero-order valence-corrected chi connectivity index (χ0v) is 18.0. The van der Waals surface area contributed by atoms with Crippen molar-refractivity contribution in [2.75, 3.05) is 18.5 Å². The van der Waals surface area contributed by atoms with Gasteiger partial charge < -0.3 is 19.2 Å². The second-order valence-electron chi connectivity index (χ2n) is 7.99. The summed E-state index contributed by atoms with van der Waals surface area (Å²) in [4.78, 5) is 17.4. The minimum Gasteiger partial charge on any atom is -0.490 e. The first-order valence-electron chi connectivity index (χ1n) is 10.9. The summed E-state index contributed by atoms with van der Waals surface area (Å²) in [5.41, 5.74) is 4.55. The minimum atomic E-state index is -0.163. The quantitative estimate of drug-likeness (QED) is 0.391. The summed E-state index contributed by atoms with van der Waals surface area (Å²) in [7, 11) is 0. The van der Waals surface area contributed by atoms with Gasteiger partial charge in [-0.15, -0.1) is 0 Å². The van der Waals surface area contributed by atoms with Crippen molar-refractivity contribution in [3.8, 4) is 11.5 Å². The largest absolute Gasteiger partial charge is 0.490 e. The van der Waals surface area contributed by atoms with E-state index in [0.29, 0.717) is 30.4 Å². The molecule has 2 aromatic heterocycles. The van der Waals surface area contributed by atoms with E-state index in [1.54, 1.807) is 24.3 Å². The third kappa shape index (κ3) is 4.44. The Morgan fingerprint density at radius 2 is 1.66 bits per heavy atom. The molecular weight excluding hydrogens is 402 g/mol. The Balaban J connectivity index is 1.17. The van der Waals surface area contributed by atoms with Crippen LogP contribution in [0.2, 0.25) is 0 Å². The van der Waals surface area contributed by atoms with E-state index in [9.17, 15) is 4.79 Å². The molecule has 2 aromatic carbocycles. The number of rotatable bonds is 8. The third-order valence-electron chi connectivity index (χ3n) is 5.60. The molecular formula is C26H25N3O3. The van der Waals surface area contributed by atoms with Crippen LogP contribution in [0.15, 0.2) is 72.9 Å². The third-order valence-corrected chi connectivity index (χ3v) is 5.60. The number of nitrogens with zero attached hydrogens (tertiary/aromatic N) is 2. The average Bonchev–Trinajstić information content (AvgIpc) is 3.62. The number of anilines is 1. The molecule has 32 heavy (non-hydrogen) atoms. The number of amides is 1. The first kappa shape index (κ1) is 20.1. The van der Waals surface area contributed by atoms with Crippen molar-refractivity contribution in [1.82, 2.24) is 9.38 Å². The highest BCUT2D eigenvalue weighted by atomic mass is 16.5. The number of nitrogens with one attached hydrogen (secondary N) is 1. The molecule has 1 aliphatic carbocycles. The lowest BCUT2D eigenvalue weighted by molar-refractivity contribution is 0.102. The van der Waals surface area contributed by atoms with Crippen LogP contribution in [0, 0.1) is 6.92 Å². The van der Waals surface area contributed by atoms with E-state index in [1.165, 1.54) is 18.5 Å². The van der Waals surface area contributed by atoms with Gasteiger partial charge in [-0.2, -0.15) is 0 Å². The molecule has 162 valence electrons. The first-order valence-corrected chi connectivity index (χ1v) is 10.9. The Bertz CT molecular complexity index is 1230. The Labute approximate surface area is 186 Å². The van der Waals surface area contributed by atoms with Crippen molar-refractivity contribution in [3.63, 3.8) is 0 Å². The van der Waals surface area contributed by atoms with E-state index in [0.717, 1.165) is 22.8 Å². The van der Waals surface area contributed by atoms with Crippen molar-refractivity contribution in [1.29, 1.82) is 0 Å². The van der Waals surface area contributed by atoms with E-state index >= 15 is 0 Å². The number of fused-ring (bicyclic) bond motifs is 1. The van der Waals surface area contributed by atoms with Gasteiger partial charge in [0, 0.05) is 23.4 Å². The zero-order chi connectivity index (χ0) is 21.9. The average molecular weight is 428 g/mol. The topological polar surface area (TPSA) is 64.9 Å². The van der Waals surface area contributed by atoms with E-state index in [4.69, 9.17) is 14.5 Å². The summed E-state index contributed by atoms with van der Waals surface area (Å²) in [6.07, 6.45) is 4.37. The van der Waals surface area contributed by atoms with Crippen molar-refractivity contribution < 1.29 is 14.3 Å². The van der Waals surface area contributed by atoms with E-state index in [1.807, 2.05) is 48.7 Å². The number of aryl methyl sites for hydroxylation is 1. The molecule has 0 radical (unpaired) electrons. The predicted molar refractivity (Wildman–Crippen MR) is 124 cm³/mol. The molecule has 0 saturated heterocycles. The van der Waals surface area contributed by atoms with Crippen LogP contribution < -0.4 is 14.8 Å². The fraction of sp³-hybridized carbons (Fsp3) is 0.231. The van der Waals surface area contributed by atoms with Crippen LogP contribution >= 0.6 is 0 Å². The van der Waals surface area contributed by atoms with Crippen LogP contribution in [-0.2, 0) is 0 Å². The van der Waals surface area contributed by atoms with Crippen LogP contribution in [0.4, 0.5) is 5.69 Å². The molecule has 1 N–H and O–H groups in total. The lowest BCUT2D eigenvalue weighted by atomic mass is 10.2. The monoisotopic (exact) mass is 427 g/mol. The maximum atomic E-state index is 12.7. The summed E-state index contributed by atoms with van der Waals surface area (Å²) in [6.45, 7) is 2.96.